The summed E-state index contributed by atoms with van der Waals surface area (Å²) in [6, 6.07) is 81.4. The molecule has 0 saturated carbocycles. The molecule has 1 heterocycles. The summed E-state index contributed by atoms with van der Waals surface area (Å²) in [6.07, 6.45) is 0. The third-order valence-corrected chi connectivity index (χ3v) is 14.4. The lowest BCUT2D eigenvalue weighted by Crippen LogP contribution is -2.28. The van der Waals surface area contributed by atoms with Crippen molar-refractivity contribution in [3.63, 3.8) is 0 Å². The van der Waals surface area contributed by atoms with Crippen LogP contribution in [0.2, 0.25) is 0 Å². The number of rotatable bonds is 6. The van der Waals surface area contributed by atoms with Crippen molar-refractivity contribution in [2.75, 3.05) is 4.90 Å². The quantitative estimate of drug-likeness (QED) is 0.163. The van der Waals surface area contributed by atoms with Crippen LogP contribution in [0.25, 0.3) is 42.4 Å². The van der Waals surface area contributed by atoms with E-state index in [2.05, 4.69) is 230 Å². The highest BCUT2D eigenvalue weighted by molar-refractivity contribution is 7.25. The van der Waals surface area contributed by atoms with Gasteiger partial charge in [0, 0.05) is 42.6 Å². The van der Waals surface area contributed by atoms with Crippen molar-refractivity contribution in [3.8, 4) is 22.3 Å². The molecule has 0 N–H and O–H groups in total. The highest BCUT2D eigenvalue weighted by atomic mass is 32.1. The maximum atomic E-state index is 2.48. The van der Waals surface area contributed by atoms with Gasteiger partial charge in [0.2, 0.25) is 0 Å². The van der Waals surface area contributed by atoms with Gasteiger partial charge in [0.25, 0.3) is 0 Å². The van der Waals surface area contributed by atoms with E-state index >= 15 is 0 Å². The number of hydrogen-bond donors (Lipinski definition) is 0. The molecule has 1 nitrogen and oxygen atoms in total. The van der Waals surface area contributed by atoms with Gasteiger partial charge < -0.3 is 4.90 Å². The van der Waals surface area contributed by atoms with E-state index in [4.69, 9.17) is 0 Å². The Morgan fingerprint density at radius 1 is 0.339 bits per heavy atom. The lowest BCUT2D eigenvalue weighted by molar-refractivity contribution is 0.714. The summed E-state index contributed by atoms with van der Waals surface area (Å²) in [6.45, 7) is 2.39. The highest BCUT2D eigenvalue weighted by Gasteiger charge is 2.46. The van der Waals surface area contributed by atoms with Gasteiger partial charge in [-0.25, -0.2) is 0 Å². The van der Waals surface area contributed by atoms with Crippen molar-refractivity contribution >= 4 is 48.6 Å². The van der Waals surface area contributed by atoms with Crippen molar-refractivity contribution in [1.82, 2.24) is 0 Å². The van der Waals surface area contributed by atoms with Crippen LogP contribution < -0.4 is 4.90 Å². The SMILES string of the molecule is CC1(c2ccccc2)c2ccccc2-c2cc(N(c3ccc4c(c3)-c3ccccc3C4(c3ccccc3)c3ccccc3)c3ccc4c(c3)sc3ccccc34)ccc21. The molecular formula is C57H39NS. The molecule has 0 fully saturated rings. The van der Waals surface area contributed by atoms with E-state index in [9.17, 15) is 0 Å². The molecule has 1 atom stereocenters. The number of fused-ring (bicyclic) bond motifs is 9. The van der Waals surface area contributed by atoms with Crippen LogP contribution in [-0.2, 0) is 10.8 Å². The first-order valence-electron chi connectivity index (χ1n) is 20.5. The number of hydrogen-bond acceptors (Lipinski definition) is 2. The molecule has 1 unspecified atom stereocenters. The Hall–Kier alpha value is -7.00. The Kier molecular flexibility index (Phi) is 7.51. The molecule has 0 saturated heterocycles. The molecule has 2 heteroatoms. The van der Waals surface area contributed by atoms with E-state index < -0.39 is 5.41 Å². The summed E-state index contributed by atoms with van der Waals surface area (Å²) in [4.78, 5) is 2.48. The maximum Gasteiger partial charge on any atom is 0.0713 e. The summed E-state index contributed by atoms with van der Waals surface area (Å²) in [7, 11) is 0. The van der Waals surface area contributed by atoms with Gasteiger partial charge in [-0.15, -0.1) is 11.3 Å². The van der Waals surface area contributed by atoms with Crippen molar-refractivity contribution in [3.05, 3.63) is 257 Å². The van der Waals surface area contributed by atoms with Gasteiger partial charge in [-0.2, -0.15) is 0 Å². The second-order valence-electron chi connectivity index (χ2n) is 16.1. The van der Waals surface area contributed by atoms with Gasteiger partial charge in [0.15, 0.2) is 0 Å². The minimum absolute atomic E-state index is 0.262. The topological polar surface area (TPSA) is 3.24 Å². The van der Waals surface area contributed by atoms with E-state index in [0.29, 0.717) is 0 Å². The first kappa shape index (κ1) is 34.1. The van der Waals surface area contributed by atoms with Gasteiger partial charge in [-0.05, 0) is 111 Å². The van der Waals surface area contributed by atoms with Crippen molar-refractivity contribution in [1.29, 1.82) is 0 Å². The van der Waals surface area contributed by atoms with Crippen LogP contribution in [0, 0.1) is 0 Å². The Bertz CT molecular complexity index is 3200. The Balaban J connectivity index is 1.10. The molecule has 2 aliphatic rings. The zero-order valence-corrected chi connectivity index (χ0v) is 33.5. The highest BCUT2D eigenvalue weighted by Crippen LogP contribution is 2.58. The first-order valence-corrected chi connectivity index (χ1v) is 21.3. The average Bonchev–Trinajstić information content (AvgIpc) is 3.92. The molecule has 0 aliphatic heterocycles. The molecular weight excluding hydrogens is 731 g/mol. The lowest BCUT2D eigenvalue weighted by Gasteiger charge is -2.34. The standard InChI is InChI=1S/C57H39NS/c1-56(38-17-5-2-6-18-38)50-26-14-11-23-44(50)48-35-41(30-33-51(48)56)58(43-29-32-47-46-25-13-16-28-54(46)59-55(47)37-43)42-31-34-53-49(36-42)45-24-12-15-27-52(45)57(53,39-19-7-3-8-20-39)40-21-9-4-10-22-40/h2-37H,1H3. The van der Waals surface area contributed by atoms with E-state index in [1.54, 1.807) is 0 Å². The monoisotopic (exact) mass is 769 g/mol. The van der Waals surface area contributed by atoms with Crippen LogP contribution >= 0.6 is 11.3 Å². The van der Waals surface area contributed by atoms with E-state index in [1.165, 1.54) is 81.4 Å². The predicted molar refractivity (Wildman–Crippen MR) is 249 cm³/mol. The summed E-state index contributed by atoms with van der Waals surface area (Å²) in [5.74, 6) is 0. The van der Waals surface area contributed by atoms with Gasteiger partial charge in [-0.3, -0.25) is 0 Å². The van der Waals surface area contributed by atoms with Gasteiger partial charge in [0.1, 0.15) is 0 Å². The molecule has 0 radical (unpaired) electrons. The van der Waals surface area contributed by atoms with Crippen LogP contribution in [-0.4, -0.2) is 0 Å². The summed E-state index contributed by atoms with van der Waals surface area (Å²) < 4.78 is 2.60. The normalized spacial score (nSPS) is 15.7. The fourth-order valence-corrected chi connectivity index (χ4v) is 11.7. The third kappa shape index (κ3) is 4.84. The molecule has 0 spiro atoms. The zero-order valence-electron chi connectivity index (χ0n) is 32.6. The summed E-state index contributed by atoms with van der Waals surface area (Å²) >= 11 is 1.87. The first-order chi connectivity index (χ1) is 29.1. The minimum atomic E-state index is -0.451. The van der Waals surface area contributed by atoms with Gasteiger partial charge in [-0.1, -0.05) is 176 Å². The molecule has 0 bridgehead atoms. The Labute approximate surface area is 349 Å². The lowest BCUT2D eigenvalue weighted by atomic mass is 9.68. The molecule has 10 aromatic rings. The van der Waals surface area contributed by atoms with Crippen LogP contribution in [0.1, 0.15) is 45.9 Å². The van der Waals surface area contributed by atoms with Crippen LogP contribution in [0.3, 0.4) is 0 Å². The number of anilines is 3. The Morgan fingerprint density at radius 3 is 1.46 bits per heavy atom. The summed E-state index contributed by atoms with van der Waals surface area (Å²) in [5.41, 5.74) is 17.0. The average molecular weight is 770 g/mol. The van der Waals surface area contributed by atoms with Crippen molar-refractivity contribution in [2.24, 2.45) is 0 Å². The summed E-state index contributed by atoms with van der Waals surface area (Å²) in [5, 5.41) is 2.61. The molecule has 1 aromatic heterocycles. The molecule has 278 valence electrons. The third-order valence-electron chi connectivity index (χ3n) is 13.2. The van der Waals surface area contributed by atoms with Gasteiger partial charge >= 0.3 is 0 Å². The van der Waals surface area contributed by atoms with E-state index in [0.717, 1.165) is 17.1 Å². The van der Waals surface area contributed by atoms with Crippen LogP contribution in [0.15, 0.2) is 218 Å². The second-order valence-corrected chi connectivity index (χ2v) is 17.2. The van der Waals surface area contributed by atoms with Gasteiger partial charge in [0.05, 0.1) is 5.41 Å². The largest absolute Gasteiger partial charge is 0.310 e. The fraction of sp³-hybridized carbons (Fsp3) is 0.0526. The molecule has 12 rings (SSSR count). The second kappa shape index (κ2) is 13.0. The molecule has 2 aliphatic carbocycles. The predicted octanol–water partition coefficient (Wildman–Crippen LogP) is 15.2. The van der Waals surface area contributed by atoms with Crippen molar-refractivity contribution < 1.29 is 0 Å². The number of thiophene rings is 1. The minimum Gasteiger partial charge on any atom is -0.310 e. The van der Waals surface area contributed by atoms with Crippen LogP contribution in [0.4, 0.5) is 17.1 Å². The fourth-order valence-electron chi connectivity index (χ4n) is 10.6. The number of benzene rings is 9. The van der Waals surface area contributed by atoms with Crippen molar-refractivity contribution in [2.45, 2.75) is 17.8 Å². The van der Waals surface area contributed by atoms with E-state index in [-0.39, 0.29) is 5.41 Å². The smallest absolute Gasteiger partial charge is 0.0713 e. The molecule has 59 heavy (non-hydrogen) atoms. The number of nitrogens with zero attached hydrogens (tertiary/aromatic N) is 1. The van der Waals surface area contributed by atoms with Crippen LogP contribution in [0.5, 0.6) is 0 Å². The maximum absolute atomic E-state index is 2.48. The molecule has 0 amide bonds. The zero-order chi connectivity index (χ0) is 39.1. The molecule has 9 aromatic carbocycles. The van der Waals surface area contributed by atoms with E-state index in [1.807, 2.05) is 11.3 Å². The Morgan fingerprint density at radius 2 is 0.780 bits per heavy atom.